The summed E-state index contributed by atoms with van der Waals surface area (Å²) in [5.74, 6) is 0. The van der Waals surface area contributed by atoms with Crippen LogP contribution in [0.4, 0.5) is 4.79 Å². The highest BCUT2D eigenvalue weighted by Gasteiger charge is 2.25. The quantitative estimate of drug-likeness (QED) is 0.592. The number of rotatable bonds is 4. The molecule has 17 heavy (non-hydrogen) atoms. The second-order valence-electron chi connectivity index (χ2n) is 4.24. The molecular weight excluding hydrogens is 218 g/mol. The van der Waals surface area contributed by atoms with E-state index in [9.17, 15) is 4.79 Å². The fourth-order valence-corrected chi connectivity index (χ4v) is 1.03. The third-order valence-corrected chi connectivity index (χ3v) is 2.05. The molecule has 0 aliphatic carbocycles. The van der Waals surface area contributed by atoms with E-state index in [-0.39, 0.29) is 13.2 Å². The predicted molar refractivity (Wildman–Crippen MR) is 63.3 cm³/mol. The first kappa shape index (κ1) is 13.0. The highest BCUT2D eigenvalue weighted by molar-refractivity contribution is 5.60. The Balaban J connectivity index is 2.30. The van der Waals surface area contributed by atoms with Crippen molar-refractivity contribution < 1.29 is 14.3 Å². The first-order valence-corrected chi connectivity index (χ1v) is 5.25. The molecule has 0 atom stereocenters. The fourth-order valence-electron chi connectivity index (χ4n) is 1.03. The minimum absolute atomic E-state index is 0.0319. The lowest BCUT2D eigenvalue weighted by atomic mass is 10.1. The third-order valence-electron chi connectivity index (χ3n) is 2.05. The third kappa shape index (κ3) is 5.03. The first-order valence-electron chi connectivity index (χ1n) is 5.25. The van der Waals surface area contributed by atoms with Gasteiger partial charge in [-0.05, 0) is 5.56 Å². The van der Waals surface area contributed by atoms with Gasteiger partial charge in [-0.3, -0.25) is 0 Å². The van der Waals surface area contributed by atoms with Crippen molar-refractivity contribution in [2.45, 2.75) is 26.0 Å². The van der Waals surface area contributed by atoms with Gasteiger partial charge in [-0.1, -0.05) is 30.3 Å². The Labute approximate surface area is 101 Å². The standard InChI is InChI=1S/C13H15NO3/c1-13(2,14-3)10-17-12(15)16-9-11-7-5-4-6-8-11/h4-8H,9-10H2,1-2H3. The van der Waals surface area contributed by atoms with Crippen LogP contribution < -0.4 is 0 Å². The van der Waals surface area contributed by atoms with Crippen LogP contribution in [0.5, 0.6) is 0 Å². The number of ether oxygens (including phenoxy) is 2. The van der Waals surface area contributed by atoms with Crippen molar-refractivity contribution in [3.63, 3.8) is 0 Å². The van der Waals surface area contributed by atoms with E-state index in [1.807, 2.05) is 30.3 Å². The summed E-state index contributed by atoms with van der Waals surface area (Å²) in [6.45, 7) is 10.5. The minimum Gasteiger partial charge on any atom is -0.429 e. The van der Waals surface area contributed by atoms with E-state index in [4.69, 9.17) is 16.0 Å². The van der Waals surface area contributed by atoms with Crippen molar-refractivity contribution in [1.82, 2.24) is 0 Å². The van der Waals surface area contributed by atoms with Gasteiger partial charge in [0.25, 0.3) is 5.54 Å². The van der Waals surface area contributed by atoms with Gasteiger partial charge in [0.05, 0.1) is 0 Å². The Hall–Kier alpha value is -2.02. The van der Waals surface area contributed by atoms with Gasteiger partial charge in [0.2, 0.25) is 0 Å². The predicted octanol–water partition coefficient (Wildman–Crippen LogP) is 3.04. The molecule has 0 radical (unpaired) electrons. The van der Waals surface area contributed by atoms with Gasteiger partial charge in [-0.25, -0.2) is 11.4 Å². The van der Waals surface area contributed by atoms with Gasteiger partial charge in [0.1, 0.15) is 6.61 Å². The van der Waals surface area contributed by atoms with Crippen LogP contribution in [0.25, 0.3) is 4.85 Å². The van der Waals surface area contributed by atoms with E-state index in [0.717, 1.165) is 5.56 Å². The molecule has 0 aliphatic rings. The average molecular weight is 233 g/mol. The van der Waals surface area contributed by atoms with Gasteiger partial charge >= 0.3 is 6.16 Å². The van der Waals surface area contributed by atoms with Gasteiger partial charge < -0.3 is 14.3 Å². The summed E-state index contributed by atoms with van der Waals surface area (Å²) in [5, 5.41) is 0. The molecule has 0 heterocycles. The van der Waals surface area contributed by atoms with Crippen LogP contribution in [0.15, 0.2) is 30.3 Å². The molecule has 0 bridgehead atoms. The van der Waals surface area contributed by atoms with Crippen LogP contribution in [-0.4, -0.2) is 18.3 Å². The van der Waals surface area contributed by atoms with Crippen molar-refractivity contribution >= 4 is 6.16 Å². The second kappa shape index (κ2) is 5.90. The minimum atomic E-state index is -0.745. The molecule has 90 valence electrons. The Kier molecular flexibility index (Phi) is 4.53. The monoisotopic (exact) mass is 233 g/mol. The number of nitrogens with zero attached hydrogens (tertiary/aromatic N) is 1. The molecule has 0 spiro atoms. The Morgan fingerprint density at radius 3 is 2.53 bits per heavy atom. The average Bonchev–Trinajstić information content (AvgIpc) is 2.35. The summed E-state index contributed by atoms with van der Waals surface area (Å²) < 4.78 is 9.75. The summed E-state index contributed by atoms with van der Waals surface area (Å²) in [4.78, 5) is 14.6. The molecule has 4 nitrogen and oxygen atoms in total. The van der Waals surface area contributed by atoms with E-state index in [0.29, 0.717) is 0 Å². The Morgan fingerprint density at radius 2 is 1.94 bits per heavy atom. The van der Waals surface area contributed by atoms with Crippen LogP contribution in [0.2, 0.25) is 0 Å². The van der Waals surface area contributed by atoms with Gasteiger partial charge in [-0.15, -0.1) is 0 Å². The summed E-state index contributed by atoms with van der Waals surface area (Å²) in [6.07, 6.45) is -0.745. The van der Waals surface area contributed by atoms with Crippen LogP contribution in [-0.2, 0) is 16.1 Å². The fraction of sp³-hybridized carbons (Fsp3) is 0.385. The molecule has 1 aromatic rings. The molecule has 1 rings (SSSR count). The highest BCUT2D eigenvalue weighted by Crippen LogP contribution is 2.09. The molecule has 0 saturated heterocycles. The van der Waals surface area contributed by atoms with Gasteiger partial charge in [-0.2, -0.15) is 0 Å². The van der Waals surface area contributed by atoms with E-state index in [1.165, 1.54) is 0 Å². The number of hydrogen-bond donors (Lipinski definition) is 0. The maximum Gasteiger partial charge on any atom is 0.508 e. The Morgan fingerprint density at radius 1 is 1.29 bits per heavy atom. The zero-order valence-corrected chi connectivity index (χ0v) is 9.97. The molecule has 0 fully saturated rings. The van der Waals surface area contributed by atoms with Crippen molar-refractivity contribution in [3.8, 4) is 0 Å². The van der Waals surface area contributed by atoms with Crippen LogP contribution in [0.1, 0.15) is 19.4 Å². The zero-order chi connectivity index (χ0) is 12.7. The van der Waals surface area contributed by atoms with E-state index >= 15 is 0 Å². The molecule has 0 aromatic heterocycles. The van der Waals surface area contributed by atoms with Crippen LogP contribution in [0, 0.1) is 6.57 Å². The largest absolute Gasteiger partial charge is 0.508 e. The van der Waals surface area contributed by atoms with E-state index in [1.54, 1.807) is 13.8 Å². The maximum absolute atomic E-state index is 11.2. The number of hydrogen-bond acceptors (Lipinski definition) is 3. The number of benzene rings is 1. The van der Waals surface area contributed by atoms with Crippen molar-refractivity contribution in [2.75, 3.05) is 6.61 Å². The molecule has 0 N–H and O–H groups in total. The normalized spacial score (nSPS) is 10.4. The number of carbonyl (C=O) groups is 1. The summed E-state index contributed by atoms with van der Waals surface area (Å²) in [5.41, 5.74) is 0.195. The maximum atomic E-state index is 11.2. The second-order valence-corrected chi connectivity index (χ2v) is 4.24. The lowest BCUT2D eigenvalue weighted by Gasteiger charge is -2.11. The van der Waals surface area contributed by atoms with Crippen molar-refractivity contribution in [2.24, 2.45) is 0 Å². The molecule has 0 amide bonds. The number of carbonyl (C=O) groups excluding carboxylic acids is 1. The topological polar surface area (TPSA) is 39.9 Å². The summed E-state index contributed by atoms with van der Waals surface area (Å²) in [6, 6.07) is 9.34. The smallest absolute Gasteiger partial charge is 0.429 e. The molecule has 1 aromatic carbocycles. The van der Waals surface area contributed by atoms with E-state index in [2.05, 4.69) is 4.85 Å². The van der Waals surface area contributed by atoms with Gasteiger partial charge in [0.15, 0.2) is 6.61 Å². The van der Waals surface area contributed by atoms with Gasteiger partial charge in [0, 0.05) is 13.8 Å². The lowest BCUT2D eigenvalue weighted by molar-refractivity contribution is 0.0421. The van der Waals surface area contributed by atoms with Crippen LogP contribution >= 0.6 is 0 Å². The van der Waals surface area contributed by atoms with Crippen molar-refractivity contribution in [3.05, 3.63) is 47.3 Å². The zero-order valence-electron chi connectivity index (χ0n) is 9.97. The summed E-state index contributed by atoms with van der Waals surface area (Å²) in [7, 11) is 0. The van der Waals surface area contributed by atoms with Crippen molar-refractivity contribution in [1.29, 1.82) is 0 Å². The lowest BCUT2D eigenvalue weighted by Crippen LogP contribution is -2.24. The highest BCUT2D eigenvalue weighted by atomic mass is 16.7. The molecule has 4 heteroatoms. The van der Waals surface area contributed by atoms with Crippen LogP contribution in [0.3, 0.4) is 0 Å². The first-order chi connectivity index (χ1) is 8.03. The Bertz CT molecular complexity index is 406. The molecule has 0 unspecified atom stereocenters. The van der Waals surface area contributed by atoms with E-state index < -0.39 is 11.7 Å². The summed E-state index contributed by atoms with van der Waals surface area (Å²) >= 11 is 0. The molecule has 0 aliphatic heterocycles. The molecular formula is C13H15NO3. The SMILES string of the molecule is [C-]#[N+]C(C)(C)COC(=O)OCc1ccccc1. The molecule has 0 saturated carbocycles.